The van der Waals surface area contributed by atoms with Crippen molar-refractivity contribution in [2.24, 2.45) is 0 Å². The lowest BCUT2D eigenvalue weighted by atomic mass is 10.1. The summed E-state index contributed by atoms with van der Waals surface area (Å²) < 4.78 is 5.12. The third-order valence-corrected chi connectivity index (χ3v) is 4.59. The maximum absolute atomic E-state index is 12.7. The van der Waals surface area contributed by atoms with Crippen molar-refractivity contribution in [1.82, 2.24) is 4.90 Å². The lowest BCUT2D eigenvalue weighted by Crippen LogP contribution is -2.42. The van der Waals surface area contributed by atoms with Crippen LogP contribution in [-0.4, -0.2) is 48.6 Å². The summed E-state index contributed by atoms with van der Waals surface area (Å²) in [4.78, 5) is 14.6. The number of nitrogens with zero attached hydrogens (tertiary/aromatic N) is 1. The van der Waals surface area contributed by atoms with Gasteiger partial charge < -0.3 is 21.1 Å². The number of methoxy groups -OCH3 is 1. The van der Waals surface area contributed by atoms with E-state index in [0.717, 1.165) is 17.9 Å². The molecule has 2 rings (SSSR count). The molecule has 0 bridgehead atoms. The first kappa shape index (κ1) is 15.0. The quantitative estimate of drug-likeness (QED) is 0.803. The highest BCUT2D eigenvalue weighted by Crippen LogP contribution is 2.25. The number of carbonyl (C=O) groups excluding carboxylic acids is 1. The van der Waals surface area contributed by atoms with E-state index in [4.69, 9.17) is 16.2 Å². The summed E-state index contributed by atoms with van der Waals surface area (Å²) in [6.07, 6.45) is 1.02. The largest absolute Gasteiger partial charge is 0.399 e. The molecule has 1 aliphatic rings. The van der Waals surface area contributed by atoms with E-state index in [1.165, 1.54) is 0 Å². The molecule has 20 heavy (non-hydrogen) atoms. The first-order valence-corrected chi connectivity index (χ1v) is 7.81. The molecule has 1 saturated heterocycles. The number of thioether (sulfide) groups is 1. The van der Waals surface area contributed by atoms with E-state index in [-0.39, 0.29) is 11.9 Å². The van der Waals surface area contributed by atoms with E-state index in [1.807, 2.05) is 16.7 Å². The number of nitrogens with two attached hydrogens (primary N) is 2. The Morgan fingerprint density at radius 3 is 2.90 bits per heavy atom. The molecular weight excluding hydrogens is 274 g/mol. The molecule has 4 N–H and O–H groups in total. The second-order valence-corrected chi connectivity index (χ2v) is 6.01. The monoisotopic (exact) mass is 295 g/mol. The predicted octanol–water partition coefficient (Wildman–Crippen LogP) is 1.45. The Morgan fingerprint density at radius 2 is 2.30 bits per heavy atom. The summed E-state index contributed by atoms with van der Waals surface area (Å²) in [5.41, 5.74) is 13.1. The summed E-state index contributed by atoms with van der Waals surface area (Å²) in [6, 6.07) is 5.31. The molecule has 1 unspecified atom stereocenters. The number of hydrogen-bond donors (Lipinski definition) is 2. The fraction of sp³-hybridized carbons (Fsp3) is 0.500. The minimum absolute atomic E-state index is 0.0351. The molecule has 5 nitrogen and oxygen atoms in total. The van der Waals surface area contributed by atoms with Gasteiger partial charge >= 0.3 is 0 Å². The van der Waals surface area contributed by atoms with Crippen molar-refractivity contribution in [3.8, 4) is 0 Å². The average molecular weight is 295 g/mol. The molecule has 1 amide bonds. The lowest BCUT2D eigenvalue weighted by molar-refractivity contribution is 0.0626. The van der Waals surface area contributed by atoms with Gasteiger partial charge in [-0.05, 0) is 30.4 Å². The van der Waals surface area contributed by atoms with E-state index in [0.29, 0.717) is 30.1 Å². The molecule has 0 spiro atoms. The molecule has 1 fully saturated rings. The number of ether oxygens (including phenoxy) is 1. The Morgan fingerprint density at radius 1 is 1.50 bits per heavy atom. The van der Waals surface area contributed by atoms with Crippen molar-refractivity contribution >= 4 is 29.0 Å². The maximum Gasteiger partial charge on any atom is 0.256 e. The van der Waals surface area contributed by atoms with Crippen LogP contribution in [0, 0.1) is 0 Å². The molecule has 0 aromatic heterocycles. The van der Waals surface area contributed by atoms with Gasteiger partial charge in [0.2, 0.25) is 0 Å². The summed E-state index contributed by atoms with van der Waals surface area (Å²) in [7, 11) is 1.64. The van der Waals surface area contributed by atoms with Crippen LogP contribution in [0.15, 0.2) is 18.2 Å². The van der Waals surface area contributed by atoms with E-state index >= 15 is 0 Å². The van der Waals surface area contributed by atoms with Crippen LogP contribution < -0.4 is 11.5 Å². The zero-order valence-electron chi connectivity index (χ0n) is 11.7. The molecule has 1 aromatic rings. The molecule has 0 aliphatic carbocycles. The average Bonchev–Trinajstić information content (AvgIpc) is 2.93. The summed E-state index contributed by atoms with van der Waals surface area (Å²) >= 11 is 1.88. The normalized spacial score (nSPS) is 18.1. The van der Waals surface area contributed by atoms with E-state index < -0.39 is 0 Å². The van der Waals surface area contributed by atoms with Crippen LogP contribution in [0.3, 0.4) is 0 Å². The SMILES string of the molecule is COCCN(C(=O)c1ccc(N)cc1N)C1CCSC1. The summed E-state index contributed by atoms with van der Waals surface area (Å²) in [5, 5.41) is 0. The Bertz CT molecular complexity index is 475. The highest BCUT2D eigenvalue weighted by molar-refractivity contribution is 7.99. The topological polar surface area (TPSA) is 81.6 Å². The van der Waals surface area contributed by atoms with Gasteiger partial charge in [-0.15, -0.1) is 0 Å². The van der Waals surface area contributed by atoms with Crippen molar-refractivity contribution in [2.45, 2.75) is 12.5 Å². The van der Waals surface area contributed by atoms with Gasteiger partial charge in [-0.2, -0.15) is 11.8 Å². The number of rotatable bonds is 5. The van der Waals surface area contributed by atoms with Gasteiger partial charge in [0.25, 0.3) is 5.91 Å². The van der Waals surface area contributed by atoms with Crippen LogP contribution in [0.4, 0.5) is 11.4 Å². The van der Waals surface area contributed by atoms with Crippen molar-refractivity contribution in [3.63, 3.8) is 0 Å². The second kappa shape index (κ2) is 6.85. The molecule has 6 heteroatoms. The number of benzene rings is 1. The number of nitrogen functional groups attached to an aromatic ring is 2. The van der Waals surface area contributed by atoms with Crippen molar-refractivity contribution in [1.29, 1.82) is 0 Å². The molecular formula is C14H21N3O2S. The first-order valence-electron chi connectivity index (χ1n) is 6.66. The van der Waals surface area contributed by atoms with Crippen LogP contribution in [0.2, 0.25) is 0 Å². The van der Waals surface area contributed by atoms with Gasteiger partial charge in [-0.1, -0.05) is 0 Å². The van der Waals surface area contributed by atoms with E-state index in [9.17, 15) is 4.79 Å². The Balaban J connectivity index is 2.20. The Hall–Kier alpha value is -1.40. The van der Waals surface area contributed by atoms with Crippen LogP contribution >= 0.6 is 11.8 Å². The van der Waals surface area contributed by atoms with Gasteiger partial charge in [0.1, 0.15) is 0 Å². The van der Waals surface area contributed by atoms with E-state index in [1.54, 1.807) is 25.3 Å². The molecule has 1 heterocycles. The van der Waals surface area contributed by atoms with Crippen molar-refractivity contribution < 1.29 is 9.53 Å². The minimum atomic E-state index is -0.0351. The highest BCUT2D eigenvalue weighted by Gasteiger charge is 2.28. The van der Waals surface area contributed by atoms with Gasteiger partial charge in [0.05, 0.1) is 12.2 Å². The van der Waals surface area contributed by atoms with Crippen LogP contribution in [0.5, 0.6) is 0 Å². The predicted molar refractivity (Wildman–Crippen MR) is 83.9 cm³/mol. The zero-order valence-corrected chi connectivity index (χ0v) is 12.5. The fourth-order valence-electron chi connectivity index (χ4n) is 2.34. The van der Waals surface area contributed by atoms with Crippen LogP contribution in [-0.2, 0) is 4.74 Å². The highest BCUT2D eigenvalue weighted by atomic mass is 32.2. The third-order valence-electron chi connectivity index (χ3n) is 3.45. The number of carbonyl (C=O) groups is 1. The third kappa shape index (κ3) is 3.37. The van der Waals surface area contributed by atoms with Gasteiger partial charge in [0, 0.05) is 36.8 Å². The lowest BCUT2D eigenvalue weighted by Gasteiger charge is -2.29. The zero-order chi connectivity index (χ0) is 14.5. The summed E-state index contributed by atoms with van der Waals surface area (Å²) in [5.74, 6) is 2.04. The van der Waals surface area contributed by atoms with Gasteiger partial charge in [-0.25, -0.2) is 0 Å². The van der Waals surface area contributed by atoms with E-state index in [2.05, 4.69) is 0 Å². The minimum Gasteiger partial charge on any atom is -0.399 e. The first-order chi connectivity index (χ1) is 9.63. The summed E-state index contributed by atoms with van der Waals surface area (Å²) in [6.45, 7) is 1.12. The smallest absolute Gasteiger partial charge is 0.256 e. The van der Waals surface area contributed by atoms with Crippen LogP contribution in [0.1, 0.15) is 16.8 Å². The molecule has 0 radical (unpaired) electrons. The molecule has 1 aliphatic heterocycles. The van der Waals surface area contributed by atoms with Crippen molar-refractivity contribution in [2.75, 3.05) is 43.2 Å². The maximum atomic E-state index is 12.7. The standard InChI is InChI=1S/C14H21N3O2S/c1-19-6-5-17(11-4-7-20-9-11)14(18)12-3-2-10(15)8-13(12)16/h2-3,8,11H,4-7,9,15-16H2,1H3. The number of amides is 1. The molecule has 1 atom stereocenters. The fourth-order valence-corrected chi connectivity index (χ4v) is 3.56. The van der Waals surface area contributed by atoms with Crippen LogP contribution in [0.25, 0.3) is 0 Å². The number of anilines is 2. The second-order valence-electron chi connectivity index (χ2n) is 4.86. The Labute approximate surface area is 123 Å². The van der Waals surface area contributed by atoms with Gasteiger partial charge in [0.15, 0.2) is 0 Å². The molecule has 110 valence electrons. The Kier molecular flexibility index (Phi) is 5.14. The van der Waals surface area contributed by atoms with Gasteiger partial charge in [-0.3, -0.25) is 4.79 Å². The molecule has 1 aromatic carbocycles. The van der Waals surface area contributed by atoms with Crippen molar-refractivity contribution in [3.05, 3.63) is 23.8 Å². The number of hydrogen-bond acceptors (Lipinski definition) is 5. The molecule has 0 saturated carbocycles.